The monoisotopic (exact) mass is 410 g/mol. The first-order valence-electron chi connectivity index (χ1n) is 8.83. The lowest BCUT2D eigenvalue weighted by atomic mass is 10.2. The topological polar surface area (TPSA) is 32.8 Å². The van der Waals surface area contributed by atoms with Gasteiger partial charge in [0.25, 0.3) is 0 Å². The molecule has 1 aliphatic heterocycles. The maximum Gasteiger partial charge on any atom is 0.416 e. The van der Waals surface area contributed by atoms with Crippen LogP contribution in [-0.4, -0.2) is 49.8 Å². The predicted molar refractivity (Wildman–Crippen MR) is 104 cm³/mol. The van der Waals surface area contributed by atoms with Crippen molar-refractivity contribution in [2.24, 2.45) is 0 Å². The summed E-state index contributed by atoms with van der Waals surface area (Å²) in [6.45, 7) is 2.61. The van der Waals surface area contributed by atoms with E-state index in [-0.39, 0.29) is 11.7 Å². The fourth-order valence-electron chi connectivity index (χ4n) is 3.01. The maximum absolute atomic E-state index is 12.8. The molecule has 3 rings (SSSR count). The molecule has 0 aromatic heterocycles. The standard InChI is InChI=1S/C20H21F3N2O2S/c1-27-17-7-5-16(6-8-17)24-9-11-25(12-10-24)19(26)14-28-18-4-2-3-15(13-18)20(21,22)23/h2-8,13H,9-12,14H2,1H3. The number of carbonyl (C=O) groups is 1. The second-order valence-electron chi connectivity index (χ2n) is 6.38. The van der Waals surface area contributed by atoms with E-state index < -0.39 is 11.7 Å². The van der Waals surface area contributed by atoms with Crippen LogP contribution in [0.15, 0.2) is 53.4 Å². The SMILES string of the molecule is COc1ccc(N2CCN(C(=O)CSc3cccc(C(F)(F)F)c3)CC2)cc1. The third kappa shape index (κ3) is 5.13. The number of ether oxygens (including phenoxy) is 1. The van der Waals surface area contributed by atoms with Crippen LogP contribution in [0.3, 0.4) is 0 Å². The van der Waals surface area contributed by atoms with Crippen molar-refractivity contribution in [3.8, 4) is 5.75 Å². The van der Waals surface area contributed by atoms with Gasteiger partial charge in [-0.05, 0) is 42.5 Å². The van der Waals surface area contributed by atoms with Crippen molar-refractivity contribution >= 4 is 23.4 Å². The van der Waals surface area contributed by atoms with Crippen LogP contribution < -0.4 is 9.64 Å². The molecule has 0 saturated carbocycles. The lowest BCUT2D eigenvalue weighted by Crippen LogP contribution is -2.49. The van der Waals surface area contributed by atoms with E-state index in [0.717, 1.165) is 35.3 Å². The van der Waals surface area contributed by atoms with Crippen LogP contribution in [0.2, 0.25) is 0 Å². The molecule has 0 atom stereocenters. The van der Waals surface area contributed by atoms with Gasteiger partial charge in [-0.2, -0.15) is 13.2 Å². The van der Waals surface area contributed by atoms with Crippen molar-refractivity contribution in [2.75, 3.05) is 43.9 Å². The first-order valence-corrected chi connectivity index (χ1v) is 9.82. The Bertz CT molecular complexity index is 804. The van der Waals surface area contributed by atoms with E-state index in [0.29, 0.717) is 31.1 Å². The number of thioether (sulfide) groups is 1. The first-order chi connectivity index (χ1) is 13.4. The minimum Gasteiger partial charge on any atom is -0.497 e. The van der Waals surface area contributed by atoms with Gasteiger partial charge in [0.2, 0.25) is 5.91 Å². The summed E-state index contributed by atoms with van der Waals surface area (Å²) in [5.74, 6) is 0.866. The second kappa shape index (κ2) is 8.77. The molecule has 28 heavy (non-hydrogen) atoms. The minimum absolute atomic E-state index is 0.0585. The summed E-state index contributed by atoms with van der Waals surface area (Å²) in [6, 6.07) is 12.8. The van der Waals surface area contributed by atoms with E-state index in [1.54, 1.807) is 18.1 Å². The molecule has 0 unspecified atom stereocenters. The Morgan fingerprint density at radius 3 is 2.36 bits per heavy atom. The zero-order valence-corrected chi connectivity index (χ0v) is 16.2. The van der Waals surface area contributed by atoms with Gasteiger partial charge in [-0.3, -0.25) is 4.79 Å². The van der Waals surface area contributed by atoms with Gasteiger partial charge in [0.05, 0.1) is 18.4 Å². The Kier molecular flexibility index (Phi) is 6.39. The Balaban J connectivity index is 1.50. The van der Waals surface area contributed by atoms with Gasteiger partial charge in [-0.25, -0.2) is 0 Å². The largest absolute Gasteiger partial charge is 0.497 e. The zero-order chi connectivity index (χ0) is 20.1. The fourth-order valence-corrected chi connectivity index (χ4v) is 3.86. The maximum atomic E-state index is 12.8. The van der Waals surface area contributed by atoms with E-state index in [1.165, 1.54) is 6.07 Å². The van der Waals surface area contributed by atoms with Gasteiger partial charge in [-0.15, -0.1) is 11.8 Å². The number of rotatable bonds is 5. The smallest absolute Gasteiger partial charge is 0.416 e. The van der Waals surface area contributed by atoms with Gasteiger partial charge in [0.15, 0.2) is 0 Å². The Labute approximate surface area is 166 Å². The molecule has 1 aliphatic rings. The molecule has 8 heteroatoms. The molecule has 2 aromatic rings. The highest BCUT2D eigenvalue weighted by atomic mass is 32.2. The molecule has 1 fully saturated rings. The van der Waals surface area contributed by atoms with Crippen molar-refractivity contribution in [3.63, 3.8) is 0 Å². The van der Waals surface area contributed by atoms with Crippen LogP contribution in [-0.2, 0) is 11.0 Å². The molecule has 0 radical (unpaired) electrons. The van der Waals surface area contributed by atoms with Crippen molar-refractivity contribution in [1.82, 2.24) is 4.90 Å². The number of methoxy groups -OCH3 is 1. The summed E-state index contributed by atoms with van der Waals surface area (Å²) in [7, 11) is 1.62. The van der Waals surface area contributed by atoms with E-state index in [4.69, 9.17) is 4.74 Å². The van der Waals surface area contributed by atoms with E-state index in [2.05, 4.69) is 4.90 Å². The van der Waals surface area contributed by atoms with Gasteiger partial charge in [-0.1, -0.05) is 6.07 Å². The summed E-state index contributed by atoms with van der Waals surface area (Å²) < 4.78 is 43.5. The molecular formula is C20H21F3N2O2S. The summed E-state index contributed by atoms with van der Waals surface area (Å²) >= 11 is 1.14. The van der Waals surface area contributed by atoms with E-state index in [9.17, 15) is 18.0 Å². The summed E-state index contributed by atoms with van der Waals surface area (Å²) in [4.78, 5) is 16.8. The Hall–Kier alpha value is -2.35. The zero-order valence-electron chi connectivity index (χ0n) is 15.4. The van der Waals surface area contributed by atoms with Crippen LogP contribution in [0.25, 0.3) is 0 Å². The van der Waals surface area contributed by atoms with Gasteiger partial charge in [0, 0.05) is 36.8 Å². The normalized spacial score (nSPS) is 14.9. The summed E-state index contributed by atoms with van der Waals surface area (Å²) in [6.07, 6.45) is -4.38. The highest BCUT2D eigenvalue weighted by Gasteiger charge is 2.30. The number of nitrogens with zero attached hydrogens (tertiary/aromatic N) is 2. The highest BCUT2D eigenvalue weighted by Crippen LogP contribution is 2.32. The number of anilines is 1. The number of hydrogen-bond acceptors (Lipinski definition) is 4. The van der Waals surface area contributed by atoms with Crippen molar-refractivity contribution in [2.45, 2.75) is 11.1 Å². The lowest BCUT2D eigenvalue weighted by Gasteiger charge is -2.36. The number of halogens is 3. The summed E-state index contributed by atoms with van der Waals surface area (Å²) in [5.41, 5.74) is 0.379. The number of carbonyl (C=O) groups excluding carboxylic acids is 1. The molecular weight excluding hydrogens is 389 g/mol. The molecule has 1 heterocycles. The fraction of sp³-hybridized carbons (Fsp3) is 0.350. The first kappa shape index (κ1) is 20.4. The van der Waals surface area contributed by atoms with Crippen LogP contribution >= 0.6 is 11.8 Å². The van der Waals surface area contributed by atoms with Crippen molar-refractivity contribution < 1.29 is 22.7 Å². The number of alkyl halides is 3. The molecule has 150 valence electrons. The van der Waals surface area contributed by atoms with E-state index >= 15 is 0 Å². The molecule has 0 N–H and O–H groups in total. The van der Waals surface area contributed by atoms with Crippen LogP contribution in [0.4, 0.5) is 18.9 Å². The third-order valence-corrected chi connectivity index (χ3v) is 5.57. The van der Waals surface area contributed by atoms with Gasteiger partial charge < -0.3 is 14.5 Å². The van der Waals surface area contributed by atoms with Gasteiger partial charge >= 0.3 is 6.18 Å². The highest BCUT2D eigenvalue weighted by molar-refractivity contribution is 8.00. The Morgan fingerprint density at radius 1 is 1.07 bits per heavy atom. The van der Waals surface area contributed by atoms with Crippen LogP contribution in [0, 0.1) is 0 Å². The van der Waals surface area contributed by atoms with Crippen molar-refractivity contribution in [3.05, 3.63) is 54.1 Å². The molecule has 1 saturated heterocycles. The van der Waals surface area contributed by atoms with Crippen LogP contribution in [0.1, 0.15) is 5.56 Å². The molecule has 2 aromatic carbocycles. The quantitative estimate of drug-likeness (QED) is 0.694. The number of piperazine rings is 1. The molecule has 0 aliphatic carbocycles. The summed E-state index contributed by atoms with van der Waals surface area (Å²) in [5, 5.41) is 0. The lowest BCUT2D eigenvalue weighted by molar-refractivity contribution is -0.137. The number of benzene rings is 2. The third-order valence-electron chi connectivity index (χ3n) is 4.59. The molecule has 1 amide bonds. The minimum atomic E-state index is -4.38. The second-order valence-corrected chi connectivity index (χ2v) is 7.43. The van der Waals surface area contributed by atoms with Gasteiger partial charge in [0.1, 0.15) is 5.75 Å². The van der Waals surface area contributed by atoms with E-state index in [1.807, 2.05) is 24.3 Å². The number of hydrogen-bond donors (Lipinski definition) is 0. The van der Waals surface area contributed by atoms with Crippen LogP contribution in [0.5, 0.6) is 5.75 Å². The van der Waals surface area contributed by atoms with Crippen molar-refractivity contribution in [1.29, 1.82) is 0 Å². The molecule has 0 bridgehead atoms. The molecule has 4 nitrogen and oxygen atoms in total. The Morgan fingerprint density at radius 2 is 1.75 bits per heavy atom. The predicted octanol–water partition coefficient (Wildman–Crippen LogP) is 4.15. The average molecular weight is 410 g/mol. The average Bonchev–Trinajstić information content (AvgIpc) is 2.72. The number of amides is 1. The molecule has 0 spiro atoms.